The molecule has 0 amide bonds. The molecule has 15 heteroatoms. The lowest BCUT2D eigenvalue weighted by Gasteiger charge is -2.35. The molecule has 0 spiro atoms. The largest absolute Gasteiger partial charge is 0.474 e. The fourth-order valence-electron chi connectivity index (χ4n) is 7.68. The highest BCUT2D eigenvalue weighted by Gasteiger charge is 2.49. The summed E-state index contributed by atoms with van der Waals surface area (Å²) < 4.78 is 86.5. The van der Waals surface area contributed by atoms with Gasteiger partial charge in [-0.15, -0.1) is 0 Å². The van der Waals surface area contributed by atoms with Gasteiger partial charge in [-0.3, -0.25) is 4.90 Å². The lowest BCUT2D eigenvalue weighted by Crippen LogP contribution is -2.51. The summed E-state index contributed by atoms with van der Waals surface area (Å²) in [6.07, 6.45) is -2.51. The molecule has 3 aromatic heterocycles. The molecule has 3 aromatic rings. The Morgan fingerprint density at radius 1 is 1.11 bits per heavy atom. The molecule has 46 heavy (non-hydrogen) atoms. The number of hydrogen-bond acceptors (Lipinski definition) is 10. The molecule has 0 aromatic carbocycles. The number of nitrogen functional groups attached to an aromatic ring is 1. The van der Waals surface area contributed by atoms with Crippen molar-refractivity contribution in [3.05, 3.63) is 23.1 Å². The highest BCUT2D eigenvalue weighted by Crippen LogP contribution is 2.45. The van der Waals surface area contributed by atoms with Crippen molar-refractivity contribution in [1.82, 2.24) is 30.2 Å². The van der Waals surface area contributed by atoms with Gasteiger partial charge >= 0.3 is 12.2 Å². The summed E-state index contributed by atoms with van der Waals surface area (Å²) in [5, 5.41) is 3.70. The maximum atomic E-state index is 16.8. The van der Waals surface area contributed by atoms with Crippen molar-refractivity contribution in [3.63, 3.8) is 0 Å². The average Bonchev–Trinajstić information content (AvgIpc) is 3.61. The van der Waals surface area contributed by atoms with Gasteiger partial charge in [-0.1, -0.05) is 0 Å². The molecule has 10 nitrogen and oxygen atoms in total. The van der Waals surface area contributed by atoms with E-state index < -0.39 is 52.4 Å². The van der Waals surface area contributed by atoms with Crippen LogP contribution in [0.15, 0.2) is 6.07 Å². The van der Waals surface area contributed by atoms with Crippen molar-refractivity contribution in [3.8, 4) is 23.1 Å². The van der Waals surface area contributed by atoms with Crippen LogP contribution in [0, 0.1) is 12.7 Å². The highest BCUT2D eigenvalue weighted by molar-refractivity contribution is 5.97. The molecule has 4 atom stereocenters. The fraction of sp³-hybridized carbons (Fsp3) is 0.613. The number of nitrogens with one attached hydrogen (secondary N) is 1. The van der Waals surface area contributed by atoms with Gasteiger partial charge in [0.15, 0.2) is 5.82 Å². The number of rotatable bonds is 7. The number of pyridine rings is 2. The minimum atomic E-state index is -4.95. The first kappa shape index (κ1) is 31.0. The molecule has 7 rings (SSSR count). The number of alkyl halides is 4. The normalized spacial score (nSPS) is 26.4. The summed E-state index contributed by atoms with van der Waals surface area (Å²) in [7, 11) is 0. The molecule has 248 valence electrons. The van der Waals surface area contributed by atoms with E-state index in [2.05, 4.69) is 25.2 Å². The van der Waals surface area contributed by atoms with Crippen LogP contribution in [-0.2, 0) is 6.18 Å². The van der Waals surface area contributed by atoms with Crippen LogP contribution in [0.2, 0.25) is 0 Å². The Labute approximate surface area is 262 Å². The molecule has 4 aliphatic rings. The predicted molar refractivity (Wildman–Crippen MR) is 161 cm³/mol. The Bertz CT molecular complexity index is 1660. The van der Waals surface area contributed by atoms with Gasteiger partial charge in [0, 0.05) is 49.4 Å². The molecule has 4 saturated heterocycles. The molecule has 4 aliphatic heterocycles. The molecular weight excluding hydrogens is 611 g/mol. The van der Waals surface area contributed by atoms with Crippen LogP contribution in [0.4, 0.5) is 33.6 Å². The van der Waals surface area contributed by atoms with Gasteiger partial charge in [0.25, 0.3) is 0 Å². The third kappa shape index (κ3) is 5.44. The second-order valence-electron chi connectivity index (χ2n) is 13.3. The van der Waals surface area contributed by atoms with Crippen LogP contribution in [0.5, 0.6) is 11.9 Å². The van der Waals surface area contributed by atoms with Crippen LogP contribution in [0.3, 0.4) is 0 Å². The molecule has 0 saturated carbocycles. The number of halogens is 5. The van der Waals surface area contributed by atoms with E-state index in [0.29, 0.717) is 31.9 Å². The van der Waals surface area contributed by atoms with Crippen molar-refractivity contribution in [2.75, 3.05) is 43.4 Å². The Kier molecular flexibility index (Phi) is 7.61. The molecule has 4 fully saturated rings. The molecule has 0 radical (unpaired) electrons. The zero-order valence-corrected chi connectivity index (χ0v) is 25.9. The van der Waals surface area contributed by atoms with Gasteiger partial charge in [0.1, 0.15) is 46.6 Å². The molecule has 3 N–H and O–H groups in total. The smallest absolute Gasteiger partial charge is 0.420 e. The third-order valence-electron chi connectivity index (χ3n) is 9.52. The average molecular weight is 649 g/mol. The van der Waals surface area contributed by atoms with E-state index in [1.807, 2.05) is 4.90 Å². The monoisotopic (exact) mass is 648 g/mol. The van der Waals surface area contributed by atoms with Gasteiger partial charge in [0.05, 0.1) is 11.6 Å². The Hall–Kier alpha value is -3.59. The maximum absolute atomic E-state index is 16.8. The number of aryl methyl sites for hydroxylation is 1. The highest BCUT2D eigenvalue weighted by atomic mass is 19.4. The van der Waals surface area contributed by atoms with E-state index >= 15 is 4.39 Å². The Balaban J connectivity index is 1.43. The lowest BCUT2D eigenvalue weighted by atomic mass is 9.95. The first-order valence-corrected chi connectivity index (χ1v) is 15.8. The first-order chi connectivity index (χ1) is 21.8. The summed E-state index contributed by atoms with van der Waals surface area (Å²) in [4.78, 5) is 21.5. The third-order valence-corrected chi connectivity index (χ3v) is 9.52. The molecule has 2 unspecified atom stereocenters. The van der Waals surface area contributed by atoms with E-state index in [1.165, 1.54) is 6.92 Å². The van der Waals surface area contributed by atoms with Crippen LogP contribution < -0.4 is 25.4 Å². The van der Waals surface area contributed by atoms with E-state index in [1.54, 1.807) is 13.8 Å². The number of aromatic nitrogens is 4. The van der Waals surface area contributed by atoms with Crippen molar-refractivity contribution < 1.29 is 31.4 Å². The van der Waals surface area contributed by atoms with Crippen molar-refractivity contribution in [1.29, 1.82) is 0 Å². The summed E-state index contributed by atoms with van der Waals surface area (Å²) >= 11 is 0. The standard InChI is InChI=1S/C31H37F5N8O2/c1-15(2)46-28-21-25(23(33)24(40-28)20-9-16(3)38-26(37)22(20)31(34,35)36)41-29(42-27(21)43-12-18-5-6-19(13-43)39-18)45-14-30-7-4-8-44(30)11-17(32)10-30/h9,15,17-19,39H,4-8,10-14H2,1-3H3,(H2,37,38)/t17-,18?,19?,30+/m1/s1. The lowest BCUT2D eigenvalue weighted by molar-refractivity contribution is -0.136. The molecule has 2 bridgehead atoms. The maximum Gasteiger partial charge on any atom is 0.420 e. The summed E-state index contributed by atoms with van der Waals surface area (Å²) in [5.74, 6) is -1.67. The quantitative estimate of drug-likeness (QED) is 0.346. The zero-order valence-electron chi connectivity index (χ0n) is 25.9. The van der Waals surface area contributed by atoms with Crippen molar-refractivity contribution >= 4 is 22.5 Å². The van der Waals surface area contributed by atoms with Crippen LogP contribution in [0.25, 0.3) is 22.2 Å². The van der Waals surface area contributed by atoms with Gasteiger partial charge < -0.3 is 25.4 Å². The number of nitrogens with zero attached hydrogens (tertiary/aromatic N) is 6. The van der Waals surface area contributed by atoms with Gasteiger partial charge in [0.2, 0.25) is 5.88 Å². The number of anilines is 2. The van der Waals surface area contributed by atoms with E-state index in [0.717, 1.165) is 38.3 Å². The van der Waals surface area contributed by atoms with Gasteiger partial charge in [-0.25, -0.2) is 18.7 Å². The summed E-state index contributed by atoms with van der Waals surface area (Å²) in [5.41, 5.74) is 2.60. The van der Waals surface area contributed by atoms with Gasteiger partial charge in [-0.2, -0.15) is 23.1 Å². The molecular formula is C31H37F5N8O2. The summed E-state index contributed by atoms with van der Waals surface area (Å²) in [6.45, 7) is 7.24. The SMILES string of the molecule is Cc1cc(-c2nc(OC(C)C)c3c(N4CC5CCC(C4)N5)nc(OC[C@@]45CCCN4C[C@H](F)C5)nc3c2F)c(C(F)(F)F)c(N)n1. The van der Waals surface area contributed by atoms with Crippen LogP contribution in [-0.4, -0.2) is 87.5 Å². The minimum Gasteiger partial charge on any atom is -0.474 e. The number of hydrogen-bond donors (Lipinski definition) is 2. The molecule has 7 heterocycles. The van der Waals surface area contributed by atoms with Crippen LogP contribution >= 0.6 is 0 Å². The van der Waals surface area contributed by atoms with E-state index in [4.69, 9.17) is 20.2 Å². The Morgan fingerprint density at radius 2 is 1.85 bits per heavy atom. The second kappa shape index (κ2) is 11.3. The number of piperazine rings is 1. The fourth-order valence-corrected chi connectivity index (χ4v) is 7.68. The zero-order chi connectivity index (χ0) is 32.5. The number of ether oxygens (including phenoxy) is 2. The first-order valence-electron chi connectivity index (χ1n) is 15.8. The van der Waals surface area contributed by atoms with Gasteiger partial charge in [-0.05, 0) is 59.1 Å². The van der Waals surface area contributed by atoms with E-state index in [9.17, 15) is 17.6 Å². The minimum absolute atomic E-state index is 0.0956. The number of fused-ring (bicyclic) bond motifs is 4. The summed E-state index contributed by atoms with van der Waals surface area (Å²) in [6, 6.07) is 1.32. The predicted octanol–water partition coefficient (Wildman–Crippen LogP) is 4.82. The van der Waals surface area contributed by atoms with Crippen molar-refractivity contribution in [2.45, 2.75) is 88.9 Å². The van der Waals surface area contributed by atoms with Crippen molar-refractivity contribution in [2.24, 2.45) is 0 Å². The Morgan fingerprint density at radius 3 is 2.54 bits per heavy atom. The van der Waals surface area contributed by atoms with E-state index in [-0.39, 0.29) is 47.2 Å². The second-order valence-corrected chi connectivity index (χ2v) is 13.3. The molecule has 0 aliphatic carbocycles. The number of nitrogens with two attached hydrogens (primary N) is 1. The van der Waals surface area contributed by atoms with Crippen LogP contribution in [0.1, 0.15) is 57.2 Å². The topological polar surface area (TPSA) is 115 Å².